The number of piperazine rings is 1. The summed E-state index contributed by atoms with van der Waals surface area (Å²) in [6.45, 7) is 7.23. The minimum Gasteiger partial charge on any atom is -0.353 e. The molecule has 3 N–H and O–H groups in total. The third-order valence-electron chi connectivity index (χ3n) is 3.06. The number of nitrogens with two attached hydrogens (primary N) is 1. The van der Waals surface area contributed by atoms with Gasteiger partial charge in [0.25, 0.3) is 0 Å². The molecule has 0 aromatic heterocycles. The summed E-state index contributed by atoms with van der Waals surface area (Å²) in [6.07, 6.45) is 0. The fourth-order valence-corrected chi connectivity index (χ4v) is 1.76. The van der Waals surface area contributed by atoms with Gasteiger partial charge in [-0.25, -0.2) is 0 Å². The van der Waals surface area contributed by atoms with Gasteiger partial charge in [-0.3, -0.25) is 9.69 Å². The summed E-state index contributed by atoms with van der Waals surface area (Å²) in [5.41, 5.74) is 4.93. The van der Waals surface area contributed by atoms with Gasteiger partial charge >= 0.3 is 0 Å². The molecule has 1 saturated heterocycles. The quantitative estimate of drug-likeness (QED) is 0.656. The van der Waals surface area contributed by atoms with Crippen molar-refractivity contribution in [1.82, 2.24) is 15.1 Å². The van der Waals surface area contributed by atoms with E-state index in [4.69, 9.17) is 5.73 Å². The van der Waals surface area contributed by atoms with Crippen molar-refractivity contribution in [2.24, 2.45) is 5.73 Å². The predicted octanol–water partition coefficient (Wildman–Crippen LogP) is -0.914. The third-order valence-corrected chi connectivity index (χ3v) is 3.06. The van der Waals surface area contributed by atoms with Crippen molar-refractivity contribution in [3.05, 3.63) is 0 Å². The van der Waals surface area contributed by atoms with Gasteiger partial charge in [0.05, 0.1) is 5.54 Å². The highest BCUT2D eigenvalue weighted by atomic mass is 16.2. The number of rotatable bonds is 3. The van der Waals surface area contributed by atoms with Crippen LogP contribution >= 0.6 is 0 Å². The number of hydrogen-bond donors (Lipinski definition) is 2. The number of carbonyl (C=O) groups excluding carboxylic acids is 1. The Morgan fingerprint density at radius 2 is 2.06 bits per heavy atom. The van der Waals surface area contributed by atoms with Crippen LogP contribution in [0.3, 0.4) is 0 Å². The summed E-state index contributed by atoms with van der Waals surface area (Å²) in [6, 6.07) is 0.380. The maximum atomic E-state index is 11.6. The maximum absolute atomic E-state index is 11.6. The first-order chi connectivity index (χ1) is 7.30. The van der Waals surface area contributed by atoms with Crippen molar-refractivity contribution in [1.29, 1.82) is 0 Å². The molecule has 16 heavy (non-hydrogen) atoms. The van der Waals surface area contributed by atoms with Crippen LogP contribution in [0, 0.1) is 0 Å². The van der Waals surface area contributed by atoms with E-state index in [0.717, 1.165) is 19.6 Å². The number of likely N-dealkylation sites (N-methyl/N-ethyl adjacent to an activating group) is 2. The topological polar surface area (TPSA) is 61.6 Å². The molecule has 0 radical (unpaired) electrons. The van der Waals surface area contributed by atoms with Gasteiger partial charge in [0.15, 0.2) is 0 Å². The molecule has 0 saturated carbocycles. The smallest absolute Gasteiger partial charge is 0.239 e. The van der Waals surface area contributed by atoms with Crippen molar-refractivity contribution in [3.8, 4) is 0 Å². The van der Waals surface area contributed by atoms with E-state index in [9.17, 15) is 4.79 Å². The van der Waals surface area contributed by atoms with Gasteiger partial charge in [-0.2, -0.15) is 0 Å². The molecule has 1 rings (SSSR count). The normalized spacial score (nSPS) is 24.4. The second-order valence-electron chi connectivity index (χ2n) is 5.33. The van der Waals surface area contributed by atoms with Crippen LogP contribution in [0.1, 0.15) is 13.8 Å². The van der Waals surface area contributed by atoms with E-state index in [1.165, 1.54) is 0 Å². The van der Waals surface area contributed by atoms with Gasteiger partial charge in [0, 0.05) is 32.2 Å². The molecular weight excluding hydrogens is 204 g/mol. The van der Waals surface area contributed by atoms with E-state index >= 15 is 0 Å². The van der Waals surface area contributed by atoms with E-state index in [-0.39, 0.29) is 5.91 Å². The zero-order valence-electron chi connectivity index (χ0n) is 10.8. The van der Waals surface area contributed by atoms with Gasteiger partial charge in [0.2, 0.25) is 5.91 Å². The molecular formula is C11H24N4O. The molecule has 1 aliphatic rings. The zero-order chi connectivity index (χ0) is 12.3. The molecule has 1 unspecified atom stereocenters. The predicted molar refractivity (Wildman–Crippen MR) is 65.2 cm³/mol. The van der Waals surface area contributed by atoms with Crippen LogP contribution in [0.5, 0.6) is 0 Å². The van der Waals surface area contributed by atoms with Crippen molar-refractivity contribution >= 4 is 5.91 Å². The highest BCUT2D eigenvalue weighted by Gasteiger charge is 2.26. The molecule has 94 valence electrons. The summed E-state index contributed by atoms with van der Waals surface area (Å²) >= 11 is 0. The summed E-state index contributed by atoms with van der Waals surface area (Å²) in [7, 11) is 4.20. The van der Waals surface area contributed by atoms with Crippen molar-refractivity contribution in [2.75, 3.05) is 40.3 Å². The van der Waals surface area contributed by atoms with E-state index in [0.29, 0.717) is 12.6 Å². The van der Waals surface area contributed by atoms with Crippen LogP contribution < -0.4 is 11.1 Å². The lowest BCUT2D eigenvalue weighted by Crippen LogP contribution is -2.57. The lowest BCUT2D eigenvalue weighted by Gasteiger charge is -2.38. The van der Waals surface area contributed by atoms with Crippen molar-refractivity contribution in [3.63, 3.8) is 0 Å². The van der Waals surface area contributed by atoms with Crippen LogP contribution in [0.2, 0.25) is 0 Å². The Morgan fingerprint density at radius 1 is 1.44 bits per heavy atom. The van der Waals surface area contributed by atoms with E-state index in [1.807, 2.05) is 0 Å². The Hall–Kier alpha value is -0.650. The number of carbonyl (C=O) groups is 1. The van der Waals surface area contributed by atoms with Gasteiger partial charge in [-0.1, -0.05) is 0 Å². The minimum absolute atomic E-state index is 0.0888. The van der Waals surface area contributed by atoms with Crippen LogP contribution in [-0.2, 0) is 4.79 Å². The molecule has 1 atom stereocenters. The molecule has 0 aromatic rings. The second kappa shape index (κ2) is 5.12. The lowest BCUT2D eigenvalue weighted by atomic mass is 10.1. The molecule has 0 aromatic carbocycles. The number of amides is 1. The molecule has 1 fully saturated rings. The average Bonchev–Trinajstić information content (AvgIpc) is 2.17. The number of nitrogens with one attached hydrogen (secondary N) is 1. The third kappa shape index (κ3) is 3.73. The Bertz CT molecular complexity index is 249. The standard InChI is InChI=1S/C11H24N4O/c1-11(2,12)10(16)13-7-9-8-14(3)5-6-15(9)4/h9H,5-8,12H2,1-4H3,(H,13,16). The van der Waals surface area contributed by atoms with Crippen molar-refractivity contribution in [2.45, 2.75) is 25.4 Å². The Morgan fingerprint density at radius 3 is 2.62 bits per heavy atom. The average molecular weight is 228 g/mol. The Kier molecular flexibility index (Phi) is 4.29. The summed E-state index contributed by atoms with van der Waals surface area (Å²) in [5, 5.41) is 2.91. The molecule has 1 heterocycles. The van der Waals surface area contributed by atoms with Gasteiger partial charge in [-0.05, 0) is 27.9 Å². The number of nitrogens with zero attached hydrogens (tertiary/aromatic N) is 2. The maximum Gasteiger partial charge on any atom is 0.239 e. The minimum atomic E-state index is -0.793. The number of hydrogen-bond acceptors (Lipinski definition) is 4. The molecule has 0 aliphatic carbocycles. The molecule has 5 heteroatoms. The van der Waals surface area contributed by atoms with Gasteiger partial charge in [-0.15, -0.1) is 0 Å². The summed E-state index contributed by atoms with van der Waals surface area (Å²) < 4.78 is 0. The van der Waals surface area contributed by atoms with Crippen LogP contribution in [-0.4, -0.2) is 67.6 Å². The zero-order valence-corrected chi connectivity index (χ0v) is 10.8. The van der Waals surface area contributed by atoms with E-state index in [1.54, 1.807) is 13.8 Å². The van der Waals surface area contributed by atoms with Crippen LogP contribution in [0.15, 0.2) is 0 Å². The monoisotopic (exact) mass is 228 g/mol. The Labute approximate surface area is 98.0 Å². The summed E-state index contributed by atoms with van der Waals surface area (Å²) in [4.78, 5) is 16.2. The molecule has 1 aliphatic heterocycles. The van der Waals surface area contributed by atoms with E-state index in [2.05, 4.69) is 29.2 Å². The van der Waals surface area contributed by atoms with Crippen LogP contribution in [0.25, 0.3) is 0 Å². The van der Waals surface area contributed by atoms with Crippen LogP contribution in [0.4, 0.5) is 0 Å². The Balaban J connectivity index is 2.39. The highest BCUT2D eigenvalue weighted by Crippen LogP contribution is 2.05. The second-order valence-corrected chi connectivity index (χ2v) is 5.33. The fourth-order valence-electron chi connectivity index (χ4n) is 1.76. The van der Waals surface area contributed by atoms with Gasteiger partial charge < -0.3 is 16.0 Å². The van der Waals surface area contributed by atoms with Gasteiger partial charge in [0.1, 0.15) is 0 Å². The molecule has 0 spiro atoms. The molecule has 0 bridgehead atoms. The van der Waals surface area contributed by atoms with E-state index < -0.39 is 5.54 Å². The lowest BCUT2D eigenvalue weighted by molar-refractivity contribution is -0.125. The SMILES string of the molecule is CN1CCN(C)C(CNC(=O)C(C)(C)N)C1. The first kappa shape index (κ1) is 13.4. The summed E-state index contributed by atoms with van der Waals surface area (Å²) in [5.74, 6) is -0.0888. The largest absolute Gasteiger partial charge is 0.353 e. The first-order valence-electron chi connectivity index (χ1n) is 5.76. The molecule has 5 nitrogen and oxygen atoms in total. The highest BCUT2D eigenvalue weighted by molar-refractivity contribution is 5.85. The fraction of sp³-hybridized carbons (Fsp3) is 0.909. The first-order valence-corrected chi connectivity index (χ1v) is 5.76. The van der Waals surface area contributed by atoms with Crippen molar-refractivity contribution < 1.29 is 4.79 Å². The molecule has 1 amide bonds.